The highest BCUT2D eigenvalue weighted by molar-refractivity contribution is 5.90. The first kappa shape index (κ1) is 17.0. The summed E-state index contributed by atoms with van der Waals surface area (Å²) in [7, 11) is 0. The third kappa shape index (κ3) is 5.42. The largest absolute Gasteiger partial charge is 0.493 e. The van der Waals surface area contributed by atoms with Crippen LogP contribution in [0.3, 0.4) is 0 Å². The van der Waals surface area contributed by atoms with Gasteiger partial charge in [-0.1, -0.05) is 24.3 Å². The zero-order valence-corrected chi connectivity index (χ0v) is 13.6. The van der Waals surface area contributed by atoms with Gasteiger partial charge in [0, 0.05) is 12.3 Å². The first-order chi connectivity index (χ1) is 11.1. The highest BCUT2D eigenvalue weighted by Gasteiger charge is 2.05. The van der Waals surface area contributed by atoms with Crippen molar-refractivity contribution in [1.29, 1.82) is 0 Å². The second-order valence-corrected chi connectivity index (χ2v) is 5.59. The van der Waals surface area contributed by atoms with E-state index >= 15 is 0 Å². The van der Waals surface area contributed by atoms with Crippen molar-refractivity contribution in [3.63, 3.8) is 0 Å². The lowest BCUT2D eigenvalue weighted by Gasteiger charge is -2.10. The van der Waals surface area contributed by atoms with Crippen molar-refractivity contribution < 1.29 is 14.6 Å². The Balaban J connectivity index is 1.79. The lowest BCUT2D eigenvalue weighted by Crippen LogP contribution is -2.15. The van der Waals surface area contributed by atoms with Crippen molar-refractivity contribution in [2.75, 3.05) is 18.5 Å². The number of carbonyl (C=O) groups is 1. The van der Waals surface area contributed by atoms with Crippen LogP contribution < -0.4 is 10.1 Å². The van der Waals surface area contributed by atoms with Gasteiger partial charge in [-0.2, -0.15) is 0 Å². The van der Waals surface area contributed by atoms with Crippen LogP contribution in [0.15, 0.2) is 42.5 Å². The minimum absolute atomic E-state index is 0.0785. The molecule has 0 aliphatic carbocycles. The maximum atomic E-state index is 11.9. The summed E-state index contributed by atoms with van der Waals surface area (Å²) in [5.41, 5.74) is 4.00. The van der Waals surface area contributed by atoms with Crippen LogP contribution in [0.4, 0.5) is 5.69 Å². The van der Waals surface area contributed by atoms with E-state index in [1.165, 1.54) is 0 Å². The summed E-state index contributed by atoms with van der Waals surface area (Å²) < 4.78 is 5.69. The molecule has 0 spiro atoms. The molecular formula is C19H23NO3. The van der Waals surface area contributed by atoms with Gasteiger partial charge in [-0.25, -0.2) is 0 Å². The van der Waals surface area contributed by atoms with E-state index in [1.54, 1.807) is 0 Å². The molecule has 4 nitrogen and oxygen atoms in total. The summed E-state index contributed by atoms with van der Waals surface area (Å²) in [6.07, 6.45) is 0.920. The van der Waals surface area contributed by atoms with Gasteiger partial charge in [0.05, 0.1) is 13.0 Å². The zero-order chi connectivity index (χ0) is 16.7. The Morgan fingerprint density at radius 3 is 2.57 bits per heavy atom. The average molecular weight is 313 g/mol. The summed E-state index contributed by atoms with van der Waals surface area (Å²) >= 11 is 0. The van der Waals surface area contributed by atoms with Gasteiger partial charge in [-0.05, 0) is 55.2 Å². The van der Waals surface area contributed by atoms with E-state index in [-0.39, 0.29) is 12.5 Å². The minimum atomic E-state index is -0.0785. The van der Waals surface area contributed by atoms with Crippen molar-refractivity contribution in [2.45, 2.75) is 26.7 Å². The van der Waals surface area contributed by atoms with E-state index in [0.29, 0.717) is 19.4 Å². The molecule has 2 aromatic carbocycles. The second kappa shape index (κ2) is 8.34. The number of benzene rings is 2. The van der Waals surface area contributed by atoms with Crippen LogP contribution in [0.1, 0.15) is 23.1 Å². The normalized spacial score (nSPS) is 10.4. The quantitative estimate of drug-likeness (QED) is 0.825. The summed E-state index contributed by atoms with van der Waals surface area (Å²) in [6, 6.07) is 13.5. The van der Waals surface area contributed by atoms with Gasteiger partial charge in [-0.15, -0.1) is 0 Å². The first-order valence-electron chi connectivity index (χ1n) is 7.78. The molecule has 0 saturated carbocycles. The van der Waals surface area contributed by atoms with Gasteiger partial charge in [0.25, 0.3) is 0 Å². The van der Waals surface area contributed by atoms with Crippen molar-refractivity contribution in [2.24, 2.45) is 0 Å². The summed E-state index contributed by atoms with van der Waals surface area (Å²) in [4.78, 5) is 11.9. The minimum Gasteiger partial charge on any atom is -0.493 e. The first-order valence-corrected chi connectivity index (χ1v) is 7.78. The maximum Gasteiger partial charge on any atom is 0.227 e. The maximum absolute atomic E-state index is 11.9. The summed E-state index contributed by atoms with van der Waals surface area (Å²) in [5.74, 6) is 0.747. The molecule has 0 radical (unpaired) electrons. The van der Waals surface area contributed by atoms with E-state index in [1.807, 2.05) is 56.3 Å². The number of ether oxygens (including phenoxy) is 1. The van der Waals surface area contributed by atoms with Gasteiger partial charge in [-0.3, -0.25) is 4.79 Å². The molecule has 122 valence electrons. The Morgan fingerprint density at radius 2 is 1.87 bits per heavy atom. The van der Waals surface area contributed by atoms with Gasteiger partial charge in [0.1, 0.15) is 5.75 Å². The number of aliphatic hydroxyl groups excluding tert-OH is 1. The summed E-state index contributed by atoms with van der Waals surface area (Å²) in [6.45, 7) is 4.47. The number of rotatable bonds is 7. The van der Waals surface area contributed by atoms with Gasteiger partial charge < -0.3 is 15.2 Å². The van der Waals surface area contributed by atoms with Crippen molar-refractivity contribution in [1.82, 2.24) is 0 Å². The molecule has 0 aromatic heterocycles. The molecule has 2 rings (SSSR count). The lowest BCUT2D eigenvalue weighted by atomic mass is 10.1. The van der Waals surface area contributed by atoms with Crippen LogP contribution in [0.2, 0.25) is 0 Å². The zero-order valence-electron chi connectivity index (χ0n) is 13.6. The molecule has 4 heteroatoms. The van der Waals surface area contributed by atoms with Gasteiger partial charge in [0.2, 0.25) is 5.91 Å². The van der Waals surface area contributed by atoms with Crippen LogP contribution in [0, 0.1) is 13.8 Å². The van der Waals surface area contributed by atoms with E-state index in [9.17, 15) is 4.79 Å². The molecule has 2 aromatic rings. The molecule has 0 unspecified atom stereocenters. The van der Waals surface area contributed by atoms with Gasteiger partial charge >= 0.3 is 0 Å². The summed E-state index contributed by atoms with van der Waals surface area (Å²) in [5, 5.41) is 11.7. The Bertz CT molecular complexity index is 650. The predicted octanol–water partition coefficient (Wildman–Crippen LogP) is 3.25. The molecule has 23 heavy (non-hydrogen) atoms. The molecule has 2 N–H and O–H groups in total. The van der Waals surface area contributed by atoms with E-state index in [0.717, 1.165) is 28.1 Å². The van der Waals surface area contributed by atoms with Crippen LogP contribution in [-0.4, -0.2) is 24.2 Å². The number of aryl methyl sites for hydroxylation is 2. The van der Waals surface area contributed by atoms with Crippen molar-refractivity contribution in [3.05, 3.63) is 59.2 Å². The predicted molar refractivity (Wildman–Crippen MR) is 91.9 cm³/mol. The molecule has 1 amide bonds. The standard InChI is InChI=1S/C19H23NO3/c1-14-3-4-15(2)18(13-14)23-12-10-19(22)20-17-7-5-16(6-8-17)9-11-21/h3-8,13,21H,9-12H2,1-2H3,(H,20,22). The molecule has 0 fully saturated rings. The van der Waals surface area contributed by atoms with Crippen molar-refractivity contribution >= 4 is 11.6 Å². The molecule has 0 bridgehead atoms. The van der Waals surface area contributed by atoms with Crippen molar-refractivity contribution in [3.8, 4) is 5.75 Å². The number of amides is 1. The smallest absolute Gasteiger partial charge is 0.227 e. The number of aliphatic hydroxyl groups is 1. The molecule has 0 aliphatic heterocycles. The van der Waals surface area contributed by atoms with Crippen LogP contribution in [0.25, 0.3) is 0 Å². The number of anilines is 1. The Hall–Kier alpha value is -2.33. The highest BCUT2D eigenvalue weighted by atomic mass is 16.5. The molecule has 0 atom stereocenters. The monoisotopic (exact) mass is 313 g/mol. The Labute approximate surface area is 137 Å². The Kier molecular flexibility index (Phi) is 6.18. The fourth-order valence-electron chi connectivity index (χ4n) is 2.22. The number of hydrogen-bond acceptors (Lipinski definition) is 3. The highest BCUT2D eigenvalue weighted by Crippen LogP contribution is 2.19. The lowest BCUT2D eigenvalue weighted by molar-refractivity contribution is -0.116. The van der Waals surface area contributed by atoms with Crippen LogP contribution in [0.5, 0.6) is 5.75 Å². The molecule has 0 aliphatic rings. The third-order valence-corrected chi connectivity index (χ3v) is 3.57. The second-order valence-electron chi connectivity index (χ2n) is 5.59. The average Bonchev–Trinajstić information content (AvgIpc) is 2.53. The number of nitrogens with one attached hydrogen (secondary N) is 1. The number of hydrogen-bond donors (Lipinski definition) is 2. The van der Waals surface area contributed by atoms with E-state index in [4.69, 9.17) is 9.84 Å². The van der Waals surface area contributed by atoms with E-state index < -0.39 is 0 Å². The molecule has 0 heterocycles. The van der Waals surface area contributed by atoms with E-state index in [2.05, 4.69) is 5.32 Å². The molecular weight excluding hydrogens is 290 g/mol. The van der Waals surface area contributed by atoms with Crippen LogP contribution in [-0.2, 0) is 11.2 Å². The molecule has 0 saturated heterocycles. The fraction of sp³-hybridized carbons (Fsp3) is 0.316. The van der Waals surface area contributed by atoms with Gasteiger partial charge in [0.15, 0.2) is 0 Å². The van der Waals surface area contributed by atoms with Crippen LogP contribution >= 0.6 is 0 Å². The third-order valence-electron chi connectivity index (χ3n) is 3.57. The fourth-order valence-corrected chi connectivity index (χ4v) is 2.22. The topological polar surface area (TPSA) is 58.6 Å². The SMILES string of the molecule is Cc1ccc(C)c(OCCC(=O)Nc2ccc(CCO)cc2)c1. The Morgan fingerprint density at radius 1 is 1.13 bits per heavy atom. The number of carbonyl (C=O) groups excluding carboxylic acids is 1.